The minimum atomic E-state index is -1.78. The van der Waals surface area contributed by atoms with Gasteiger partial charge in [-0.1, -0.05) is 141 Å². The van der Waals surface area contributed by atoms with Crippen molar-refractivity contribution in [3.8, 4) is 0 Å². The lowest BCUT2D eigenvalue weighted by molar-refractivity contribution is -0.375. The Bertz CT molecular complexity index is 1480. The lowest BCUT2D eigenvalue weighted by Crippen LogP contribution is -2.63. The molecule has 21 heteroatoms. The summed E-state index contributed by atoms with van der Waals surface area (Å²) in [4.78, 5) is 0. The van der Waals surface area contributed by atoms with E-state index < -0.39 is 61.4 Å². The molecular weight excluding hydrogens is 949 g/mol. The van der Waals surface area contributed by atoms with Crippen molar-refractivity contribution in [2.75, 3.05) is 52.9 Å². The normalized spacial score (nSPS) is 24.7. The monoisotopic (exact) mass is 1040 g/mol. The van der Waals surface area contributed by atoms with Gasteiger partial charge in [0.25, 0.3) is 0 Å². The number of hydrogen-bond donors (Lipinski definition) is 6. The van der Waals surface area contributed by atoms with Crippen molar-refractivity contribution in [1.82, 2.24) is 30.0 Å². The molecule has 6 unspecified atom stereocenters. The Morgan fingerprint density at radius 3 is 1.07 bits per heavy atom. The van der Waals surface area contributed by atoms with Gasteiger partial charge in [-0.2, -0.15) is 0 Å². The zero-order valence-electron chi connectivity index (χ0n) is 44.8. The first-order valence-corrected chi connectivity index (χ1v) is 27.9. The maximum absolute atomic E-state index is 11.0. The molecule has 21 nitrogen and oxygen atoms in total. The molecule has 6 N–H and O–H groups in total. The van der Waals surface area contributed by atoms with Crippen LogP contribution in [0.3, 0.4) is 0 Å². The van der Waals surface area contributed by atoms with E-state index in [1.165, 1.54) is 86.4 Å². The van der Waals surface area contributed by atoms with Crippen molar-refractivity contribution in [2.45, 2.75) is 256 Å². The van der Waals surface area contributed by atoms with Crippen LogP contribution in [0.5, 0.6) is 0 Å². The Hall–Kier alpha value is -2.32. The van der Waals surface area contributed by atoms with Gasteiger partial charge in [-0.15, -0.1) is 10.2 Å². The van der Waals surface area contributed by atoms with E-state index in [1.54, 1.807) is 12.4 Å². The molecule has 2 saturated heterocycles. The highest BCUT2D eigenvalue weighted by atomic mass is 16.8. The summed E-state index contributed by atoms with van der Waals surface area (Å²) in [7, 11) is 0. The first kappa shape index (κ1) is 63.2. The first-order valence-electron chi connectivity index (χ1n) is 27.9. The summed E-state index contributed by atoms with van der Waals surface area (Å²) in [6.07, 6.45) is 9.63. The van der Waals surface area contributed by atoms with E-state index in [-0.39, 0.29) is 38.5 Å². The number of unbranched alkanes of at least 4 members (excludes halogenated alkanes) is 16. The predicted octanol–water partition coefficient (Wildman–Crippen LogP) is 4.92. The molecule has 10 atom stereocenters. The van der Waals surface area contributed by atoms with Crippen LogP contribution in [0.15, 0.2) is 12.4 Å². The van der Waals surface area contributed by atoms with Gasteiger partial charge in [0.05, 0.1) is 65.1 Å². The highest BCUT2D eigenvalue weighted by Gasteiger charge is 2.50. The van der Waals surface area contributed by atoms with Crippen LogP contribution < -0.4 is 0 Å². The Kier molecular flexibility index (Phi) is 33.1. The second-order valence-corrected chi connectivity index (χ2v) is 19.9. The molecule has 2 aromatic heterocycles. The van der Waals surface area contributed by atoms with E-state index in [1.807, 2.05) is 0 Å². The predicted molar refractivity (Wildman–Crippen MR) is 270 cm³/mol. The molecule has 0 aromatic carbocycles. The molecule has 2 aliphatic rings. The SMILES string of the molecule is CCCCCCCOCC(COCCCCCCC)OCc1cn(CC2O[C@H](O[C@H]3OC(Cn4cc(COC(COCCCCCCC)COCCCCCCC)nn4)[C@@H](O)C(O)C3O)C(O)C(O)[C@@H]2O)nn1. The van der Waals surface area contributed by atoms with Crippen LogP contribution >= 0.6 is 0 Å². The minimum Gasteiger partial charge on any atom is -0.388 e. The molecule has 0 bridgehead atoms. The zero-order valence-corrected chi connectivity index (χ0v) is 44.8. The van der Waals surface area contributed by atoms with Crippen molar-refractivity contribution in [2.24, 2.45) is 0 Å². The Balaban J connectivity index is 1.29. The van der Waals surface area contributed by atoms with E-state index in [0.717, 1.165) is 51.4 Å². The van der Waals surface area contributed by atoms with Crippen LogP contribution in [-0.4, -0.2) is 187 Å². The third-order valence-corrected chi connectivity index (χ3v) is 13.2. The molecule has 4 rings (SSSR count). The lowest BCUT2D eigenvalue weighted by atomic mass is 9.97. The molecule has 0 aliphatic carbocycles. The number of aliphatic hydroxyl groups is 6. The number of aliphatic hydroxyl groups excluding tert-OH is 6. The number of ether oxygens (including phenoxy) is 9. The highest BCUT2D eigenvalue weighted by molar-refractivity contribution is 4.96. The van der Waals surface area contributed by atoms with Crippen LogP contribution in [0.1, 0.15) is 167 Å². The van der Waals surface area contributed by atoms with E-state index in [2.05, 4.69) is 48.3 Å². The summed E-state index contributed by atoms with van der Waals surface area (Å²) >= 11 is 0. The van der Waals surface area contributed by atoms with Crippen molar-refractivity contribution >= 4 is 0 Å². The smallest absolute Gasteiger partial charge is 0.189 e. The maximum Gasteiger partial charge on any atom is 0.189 e. The van der Waals surface area contributed by atoms with E-state index in [0.29, 0.717) is 64.2 Å². The standard InChI is InChI=1S/C52H96N6O15/c1-5-9-13-17-21-25-65-35-41(36-66-26-22-18-14-10-6-2)69-33-39-29-57(55-53-39)31-43-45(59)47(61)49(63)51(71-43)73-52-50(64)48(62)46(60)44(72-52)32-58-30-40(54-56-58)34-70-42(37-67-27-23-19-15-11-7-3)38-68-28-24-20-16-12-8-4/h29-30,41-52,59-64H,5-28,31-38H2,1-4H3/t43?,44?,45-,46-,47?,48?,49?,50?,51-,52-/m1/s1. The summed E-state index contributed by atoms with van der Waals surface area (Å²) in [5.41, 5.74) is 0.997. The molecule has 0 radical (unpaired) electrons. The van der Waals surface area contributed by atoms with Crippen LogP contribution in [-0.2, 0) is 68.9 Å². The molecule has 2 aliphatic heterocycles. The third-order valence-electron chi connectivity index (χ3n) is 13.2. The molecule has 73 heavy (non-hydrogen) atoms. The van der Waals surface area contributed by atoms with Crippen molar-refractivity contribution in [3.63, 3.8) is 0 Å². The molecule has 2 aromatic rings. The summed E-state index contributed by atoms with van der Waals surface area (Å²) in [5, 5.41) is 82.5. The van der Waals surface area contributed by atoms with Gasteiger partial charge < -0.3 is 73.3 Å². The molecular formula is C52H96N6O15. The fourth-order valence-corrected chi connectivity index (χ4v) is 8.63. The maximum atomic E-state index is 11.0. The van der Waals surface area contributed by atoms with Crippen molar-refractivity contribution in [1.29, 1.82) is 0 Å². The topological polar surface area (TPSA) is 266 Å². The molecule has 0 spiro atoms. The number of hydrogen-bond acceptors (Lipinski definition) is 19. The van der Waals surface area contributed by atoms with Crippen LogP contribution in [0, 0.1) is 0 Å². The number of aromatic nitrogens is 6. The van der Waals surface area contributed by atoms with Gasteiger partial charge in [-0.05, 0) is 25.7 Å². The first-order chi connectivity index (χ1) is 35.6. The Morgan fingerprint density at radius 1 is 0.438 bits per heavy atom. The summed E-state index contributed by atoms with van der Waals surface area (Å²) < 4.78 is 56.8. The van der Waals surface area contributed by atoms with Crippen LogP contribution in [0.2, 0.25) is 0 Å². The van der Waals surface area contributed by atoms with E-state index >= 15 is 0 Å². The Labute approximate surface area is 434 Å². The van der Waals surface area contributed by atoms with E-state index in [9.17, 15) is 30.6 Å². The molecule has 0 saturated carbocycles. The second-order valence-electron chi connectivity index (χ2n) is 19.9. The van der Waals surface area contributed by atoms with Gasteiger partial charge in [0.2, 0.25) is 0 Å². The fraction of sp³-hybridized carbons (Fsp3) is 0.923. The number of nitrogens with zero attached hydrogens (tertiary/aromatic N) is 6. The number of rotatable bonds is 44. The van der Waals surface area contributed by atoms with Crippen molar-refractivity contribution < 1.29 is 73.3 Å². The molecule has 4 heterocycles. The minimum absolute atomic E-state index is 0.112. The summed E-state index contributed by atoms with van der Waals surface area (Å²) in [5.74, 6) is 0. The van der Waals surface area contributed by atoms with Gasteiger partial charge in [0, 0.05) is 26.4 Å². The summed E-state index contributed by atoms with van der Waals surface area (Å²) in [6.45, 7) is 12.9. The van der Waals surface area contributed by atoms with Crippen LogP contribution in [0.4, 0.5) is 0 Å². The van der Waals surface area contributed by atoms with Crippen molar-refractivity contribution in [3.05, 3.63) is 23.8 Å². The van der Waals surface area contributed by atoms with Crippen LogP contribution in [0.25, 0.3) is 0 Å². The molecule has 424 valence electrons. The third kappa shape index (κ3) is 24.7. The highest BCUT2D eigenvalue weighted by Crippen LogP contribution is 2.29. The summed E-state index contributed by atoms with van der Waals surface area (Å²) in [6, 6.07) is 0. The largest absolute Gasteiger partial charge is 0.388 e. The zero-order chi connectivity index (χ0) is 52.5. The van der Waals surface area contributed by atoms with E-state index in [4.69, 9.17) is 42.6 Å². The van der Waals surface area contributed by atoms with Gasteiger partial charge in [0.15, 0.2) is 12.6 Å². The van der Waals surface area contributed by atoms with Gasteiger partial charge in [0.1, 0.15) is 72.4 Å². The lowest BCUT2D eigenvalue weighted by Gasteiger charge is -2.45. The second kappa shape index (κ2) is 38.3. The fourth-order valence-electron chi connectivity index (χ4n) is 8.63. The van der Waals surface area contributed by atoms with Gasteiger partial charge >= 0.3 is 0 Å². The van der Waals surface area contributed by atoms with Gasteiger partial charge in [-0.3, -0.25) is 0 Å². The van der Waals surface area contributed by atoms with Gasteiger partial charge in [-0.25, -0.2) is 9.36 Å². The average molecular weight is 1050 g/mol. The Morgan fingerprint density at radius 2 is 0.753 bits per heavy atom. The molecule has 0 amide bonds. The quantitative estimate of drug-likeness (QED) is 0.0481. The molecule has 2 fully saturated rings. The average Bonchev–Trinajstić information content (AvgIpc) is 4.05.